The Labute approximate surface area is 109 Å². The first kappa shape index (κ1) is 15.8. The average molecular weight is 279 g/mol. The Morgan fingerprint density at radius 1 is 1.32 bits per heavy atom. The van der Waals surface area contributed by atoms with Crippen molar-refractivity contribution >= 4 is 0 Å². The molecule has 0 fully saturated rings. The molecular weight excluding hydrogens is 262 g/mol. The normalized spacial score (nSPS) is 13.4. The van der Waals surface area contributed by atoms with E-state index in [1.807, 2.05) is 6.92 Å². The summed E-state index contributed by atoms with van der Waals surface area (Å²) >= 11 is 0. The van der Waals surface area contributed by atoms with Crippen LogP contribution < -0.4 is 10.1 Å². The largest absolute Gasteiger partial charge is 0.491 e. The number of ether oxygens (including phenoxy) is 1. The SMILES string of the molecule is CNC(C)c1ccc(OCCCC(F)(F)F)c(F)c1. The van der Waals surface area contributed by atoms with E-state index in [4.69, 9.17) is 4.74 Å². The minimum absolute atomic E-state index is 0.00576. The van der Waals surface area contributed by atoms with Gasteiger partial charge in [0.2, 0.25) is 0 Å². The number of benzene rings is 1. The van der Waals surface area contributed by atoms with Gasteiger partial charge in [-0.2, -0.15) is 13.2 Å². The second-order valence-electron chi connectivity index (χ2n) is 4.27. The molecule has 2 nitrogen and oxygen atoms in total. The number of rotatable bonds is 6. The van der Waals surface area contributed by atoms with E-state index >= 15 is 0 Å². The van der Waals surface area contributed by atoms with Gasteiger partial charge in [-0.3, -0.25) is 0 Å². The summed E-state index contributed by atoms with van der Waals surface area (Å²) in [5, 5.41) is 2.96. The highest BCUT2D eigenvalue weighted by molar-refractivity contribution is 5.30. The molecule has 1 unspecified atom stereocenters. The van der Waals surface area contributed by atoms with Crippen LogP contribution in [0.5, 0.6) is 5.75 Å². The van der Waals surface area contributed by atoms with Gasteiger partial charge >= 0.3 is 6.18 Å². The molecule has 0 bridgehead atoms. The fourth-order valence-corrected chi connectivity index (χ4v) is 1.52. The molecule has 0 saturated heterocycles. The minimum Gasteiger partial charge on any atom is -0.491 e. The zero-order valence-electron chi connectivity index (χ0n) is 10.9. The lowest BCUT2D eigenvalue weighted by Crippen LogP contribution is -2.13. The Hall–Kier alpha value is -1.30. The molecule has 6 heteroatoms. The van der Waals surface area contributed by atoms with Crippen molar-refractivity contribution in [3.8, 4) is 5.75 Å². The third kappa shape index (κ3) is 5.46. The van der Waals surface area contributed by atoms with Crippen molar-refractivity contribution in [3.63, 3.8) is 0 Å². The topological polar surface area (TPSA) is 21.3 Å². The molecule has 0 aliphatic carbocycles. The third-order valence-electron chi connectivity index (χ3n) is 2.75. The van der Waals surface area contributed by atoms with Crippen molar-refractivity contribution in [2.24, 2.45) is 0 Å². The van der Waals surface area contributed by atoms with Crippen LogP contribution in [0.2, 0.25) is 0 Å². The molecule has 0 amide bonds. The van der Waals surface area contributed by atoms with Gasteiger partial charge in [0.15, 0.2) is 11.6 Å². The third-order valence-corrected chi connectivity index (χ3v) is 2.75. The minimum atomic E-state index is -4.20. The van der Waals surface area contributed by atoms with E-state index < -0.39 is 18.4 Å². The van der Waals surface area contributed by atoms with Crippen LogP contribution in [0.1, 0.15) is 31.4 Å². The maximum absolute atomic E-state index is 13.6. The summed E-state index contributed by atoms with van der Waals surface area (Å²) in [6.07, 6.45) is -5.31. The predicted molar refractivity (Wildman–Crippen MR) is 64.7 cm³/mol. The van der Waals surface area contributed by atoms with Crippen molar-refractivity contribution in [2.45, 2.75) is 32.0 Å². The first-order chi connectivity index (χ1) is 8.83. The predicted octanol–water partition coefficient (Wildman–Crippen LogP) is 3.83. The number of hydrogen-bond donors (Lipinski definition) is 1. The fraction of sp³-hybridized carbons (Fsp3) is 0.538. The van der Waals surface area contributed by atoms with Crippen LogP contribution in [0.15, 0.2) is 18.2 Å². The first-order valence-electron chi connectivity index (χ1n) is 6.00. The van der Waals surface area contributed by atoms with E-state index in [1.54, 1.807) is 13.1 Å². The van der Waals surface area contributed by atoms with Crippen molar-refractivity contribution in [1.82, 2.24) is 5.32 Å². The van der Waals surface area contributed by atoms with E-state index in [2.05, 4.69) is 5.32 Å². The summed E-state index contributed by atoms with van der Waals surface area (Å²) in [4.78, 5) is 0. The molecule has 0 aliphatic heterocycles. The van der Waals surface area contributed by atoms with Crippen LogP contribution in [0.3, 0.4) is 0 Å². The molecule has 1 atom stereocenters. The van der Waals surface area contributed by atoms with Gasteiger partial charge in [-0.05, 0) is 38.1 Å². The molecule has 1 rings (SSSR count). The molecule has 1 N–H and O–H groups in total. The Bertz CT molecular complexity index is 406. The Morgan fingerprint density at radius 2 is 2.00 bits per heavy atom. The lowest BCUT2D eigenvalue weighted by Gasteiger charge is -2.13. The summed E-state index contributed by atoms with van der Waals surface area (Å²) in [6.45, 7) is 1.72. The summed E-state index contributed by atoms with van der Waals surface area (Å²) in [5.41, 5.74) is 0.752. The zero-order chi connectivity index (χ0) is 14.5. The van der Waals surface area contributed by atoms with Gasteiger partial charge < -0.3 is 10.1 Å². The van der Waals surface area contributed by atoms with Crippen molar-refractivity contribution in [2.75, 3.05) is 13.7 Å². The molecule has 0 aliphatic rings. The second kappa shape index (κ2) is 6.75. The Balaban J connectivity index is 2.51. The first-order valence-corrected chi connectivity index (χ1v) is 6.00. The van der Waals surface area contributed by atoms with E-state index in [-0.39, 0.29) is 24.8 Å². The van der Waals surface area contributed by atoms with E-state index in [9.17, 15) is 17.6 Å². The van der Waals surface area contributed by atoms with Gasteiger partial charge in [0, 0.05) is 12.5 Å². The summed E-state index contributed by atoms with van der Waals surface area (Å²) in [7, 11) is 1.75. The number of hydrogen-bond acceptors (Lipinski definition) is 2. The highest BCUT2D eigenvalue weighted by Gasteiger charge is 2.26. The number of halogens is 4. The lowest BCUT2D eigenvalue weighted by molar-refractivity contribution is -0.136. The highest BCUT2D eigenvalue weighted by Crippen LogP contribution is 2.24. The van der Waals surface area contributed by atoms with Gasteiger partial charge in [0.25, 0.3) is 0 Å². The van der Waals surface area contributed by atoms with E-state index in [1.165, 1.54) is 12.1 Å². The zero-order valence-corrected chi connectivity index (χ0v) is 10.9. The average Bonchev–Trinajstić information content (AvgIpc) is 2.33. The molecule has 0 heterocycles. The molecule has 0 aromatic heterocycles. The van der Waals surface area contributed by atoms with Gasteiger partial charge in [0.1, 0.15) is 0 Å². The molecule has 19 heavy (non-hydrogen) atoms. The van der Waals surface area contributed by atoms with Crippen molar-refractivity contribution in [3.05, 3.63) is 29.6 Å². The van der Waals surface area contributed by atoms with E-state index in [0.29, 0.717) is 0 Å². The smallest absolute Gasteiger partial charge is 0.389 e. The summed E-state index contributed by atoms with van der Waals surface area (Å²) < 4.78 is 54.4. The van der Waals surface area contributed by atoms with Crippen molar-refractivity contribution in [1.29, 1.82) is 0 Å². The molecule has 1 aromatic carbocycles. The molecule has 108 valence electrons. The van der Waals surface area contributed by atoms with Gasteiger partial charge in [-0.15, -0.1) is 0 Å². The van der Waals surface area contributed by atoms with Gasteiger partial charge in [0.05, 0.1) is 6.61 Å². The van der Waals surface area contributed by atoms with Crippen LogP contribution in [-0.2, 0) is 0 Å². The maximum atomic E-state index is 13.6. The quantitative estimate of drug-likeness (QED) is 0.631. The summed E-state index contributed by atoms with van der Waals surface area (Å²) in [5.74, 6) is -0.583. The van der Waals surface area contributed by atoms with Crippen molar-refractivity contribution < 1.29 is 22.3 Å². The van der Waals surface area contributed by atoms with Crippen LogP contribution >= 0.6 is 0 Å². The molecular formula is C13H17F4NO. The monoisotopic (exact) mass is 279 g/mol. The molecule has 0 spiro atoms. The lowest BCUT2D eigenvalue weighted by atomic mass is 10.1. The number of alkyl halides is 3. The van der Waals surface area contributed by atoms with Crippen LogP contribution in [0.25, 0.3) is 0 Å². The molecule has 1 aromatic rings. The van der Waals surface area contributed by atoms with E-state index in [0.717, 1.165) is 5.56 Å². The Kier molecular flexibility index (Phi) is 5.60. The Morgan fingerprint density at radius 3 is 2.53 bits per heavy atom. The van der Waals surface area contributed by atoms with Gasteiger partial charge in [-0.25, -0.2) is 4.39 Å². The molecule has 0 saturated carbocycles. The number of nitrogens with one attached hydrogen (secondary N) is 1. The fourth-order valence-electron chi connectivity index (χ4n) is 1.52. The van der Waals surface area contributed by atoms with Crippen LogP contribution in [-0.4, -0.2) is 19.8 Å². The maximum Gasteiger partial charge on any atom is 0.389 e. The summed E-state index contributed by atoms with van der Waals surface area (Å²) in [6, 6.07) is 4.43. The highest BCUT2D eigenvalue weighted by atomic mass is 19.4. The standard InChI is InChI=1S/C13H17F4NO/c1-9(18-2)10-4-5-12(11(14)8-10)19-7-3-6-13(15,16)17/h4-5,8-9,18H,3,6-7H2,1-2H3. The second-order valence-corrected chi connectivity index (χ2v) is 4.27. The van der Waals surface area contributed by atoms with Gasteiger partial charge in [-0.1, -0.05) is 6.07 Å². The van der Waals surface area contributed by atoms with Crippen LogP contribution in [0, 0.1) is 5.82 Å². The van der Waals surface area contributed by atoms with Crippen LogP contribution in [0.4, 0.5) is 17.6 Å². The molecule has 0 radical (unpaired) electrons.